The molecule has 2 aromatic heterocycles. The Hall–Kier alpha value is -1.01. The number of methoxy groups -OCH3 is 1. The molecule has 9 heteroatoms. The quantitative estimate of drug-likeness (QED) is 0.597. The topological polar surface area (TPSA) is 110 Å². The van der Waals surface area contributed by atoms with Gasteiger partial charge in [-0.3, -0.25) is 0 Å². The second-order valence-corrected chi connectivity index (χ2v) is 6.25. The van der Waals surface area contributed by atoms with E-state index >= 15 is 0 Å². The van der Waals surface area contributed by atoms with Crippen molar-refractivity contribution < 1.29 is 24.8 Å². The number of hydrogen-bond donors (Lipinski definition) is 3. The molecule has 0 radical (unpaired) electrons. The minimum atomic E-state index is -1.16. The van der Waals surface area contributed by atoms with Crippen molar-refractivity contribution in [2.45, 2.75) is 31.5 Å². The van der Waals surface area contributed by atoms with Gasteiger partial charge in [0.15, 0.2) is 11.9 Å². The highest BCUT2D eigenvalue weighted by molar-refractivity contribution is 14.1. The lowest BCUT2D eigenvalue weighted by Gasteiger charge is -2.17. The fourth-order valence-corrected chi connectivity index (χ4v) is 3.40. The summed E-state index contributed by atoms with van der Waals surface area (Å²) < 4.78 is 13.3. The molecule has 1 aliphatic rings. The number of halogens is 1. The van der Waals surface area contributed by atoms with Crippen molar-refractivity contribution in [3.8, 4) is 5.88 Å². The summed E-state index contributed by atoms with van der Waals surface area (Å²) in [5.41, 5.74) is 0.545. The zero-order valence-electron chi connectivity index (χ0n) is 12.0. The number of ether oxygens (including phenoxy) is 2. The van der Waals surface area contributed by atoms with Crippen molar-refractivity contribution in [1.82, 2.24) is 14.5 Å². The highest BCUT2D eigenvalue weighted by Crippen LogP contribution is 2.36. The molecular weight excluding hydrogens is 405 g/mol. The van der Waals surface area contributed by atoms with Crippen molar-refractivity contribution in [3.63, 3.8) is 0 Å². The summed E-state index contributed by atoms with van der Waals surface area (Å²) in [6.07, 6.45) is -2.24. The molecule has 0 unspecified atom stereocenters. The Bertz CT molecular complexity index is 707. The minimum absolute atomic E-state index is 0.373. The van der Waals surface area contributed by atoms with Gasteiger partial charge in [-0.25, -0.2) is 4.98 Å². The summed E-state index contributed by atoms with van der Waals surface area (Å²) >= 11 is 2.12. The predicted octanol–water partition coefficient (Wildman–Crippen LogP) is -0.0356. The molecule has 3 rings (SSSR count). The van der Waals surface area contributed by atoms with Crippen molar-refractivity contribution in [1.29, 1.82) is 0 Å². The SMILES string of the molecule is COc1nc(C)nc2c1c(I)cn2[C@@H]1O[C@H](CO)[C@@H](O)[C@H]1O. The van der Waals surface area contributed by atoms with E-state index in [1.54, 1.807) is 17.7 Å². The second kappa shape index (κ2) is 5.89. The molecule has 0 amide bonds. The Balaban J connectivity index is 2.14. The Morgan fingerprint density at radius 3 is 2.68 bits per heavy atom. The molecule has 0 aliphatic carbocycles. The van der Waals surface area contributed by atoms with Gasteiger partial charge >= 0.3 is 0 Å². The van der Waals surface area contributed by atoms with Crippen LogP contribution in [-0.4, -0.2) is 61.9 Å². The van der Waals surface area contributed by atoms with Crippen LogP contribution in [0.2, 0.25) is 0 Å². The number of aromatic nitrogens is 3. The van der Waals surface area contributed by atoms with Crippen LogP contribution in [-0.2, 0) is 4.74 Å². The summed E-state index contributed by atoms with van der Waals surface area (Å²) in [6, 6.07) is 0. The standard InChI is InChI=1S/C13H16IN3O5/c1-5-15-11-8(12(16-5)21-2)6(14)3-17(11)13-10(20)9(19)7(4-18)22-13/h3,7,9-10,13,18-20H,4H2,1-2H3/t7-,9-,10-,13-/m1/s1. The normalized spacial score (nSPS) is 28.5. The number of rotatable bonds is 3. The maximum absolute atomic E-state index is 10.2. The van der Waals surface area contributed by atoms with Gasteiger partial charge in [0.1, 0.15) is 24.1 Å². The van der Waals surface area contributed by atoms with E-state index in [-0.39, 0.29) is 6.61 Å². The zero-order valence-corrected chi connectivity index (χ0v) is 14.1. The highest BCUT2D eigenvalue weighted by atomic mass is 127. The van der Waals surface area contributed by atoms with Crippen LogP contribution in [0.15, 0.2) is 6.20 Å². The third-order valence-electron chi connectivity index (χ3n) is 3.69. The molecule has 0 aromatic carbocycles. The van der Waals surface area contributed by atoms with E-state index in [4.69, 9.17) is 9.47 Å². The van der Waals surface area contributed by atoms with Crippen LogP contribution in [0.1, 0.15) is 12.1 Å². The van der Waals surface area contributed by atoms with Gasteiger partial charge in [0.25, 0.3) is 0 Å². The average molecular weight is 421 g/mol. The molecule has 120 valence electrons. The van der Waals surface area contributed by atoms with Crippen molar-refractivity contribution in [2.24, 2.45) is 0 Å². The van der Waals surface area contributed by atoms with Crippen LogP contribution in [0.4, 0.5) is 0 Å². The summed E-state index contributed by atoms with van der Waals surface area (Å²) in [7, 11) is 1.53. The van der Waals surface area contributed by atoms with Gasteiger partial charge in [-0.05, 0) is 29.5 Å². The monoisotopic (exact) mass is 421 g/mol. The molecule has 4 atom stereocenters. The lowest BCUT2D eigenvalue weighted by atomic mass is 10.1. The fraction of sp³-hybridized carbons (Fsp3) is 0.538. The van der Waals surface area contributed by atoms with Gasteiger partial charge in [0.2, 0.25) is 5.88 Å². The number of aliphatic hydroxyl groups is 3. The largest absolute Gasteiger partial charge is 0.480 e. The Kier molecular flexibility index (Phi) is 4.25. The van der Waals surface area contributed by atoms with Crippen LogP contribution in [0.3, 0.4) is 0 Å². The molecule has 3 N–H and O–H groups in total. The van der Waals surface area contributed by atoms with E-state index in [0.29, 0.717) is 22.7 Å². The summed E-state index contributed by atoms with van der Waals surface area (Å²) in [5.74, 6) is 0.962. The second-order valence-electron chi connectivity index (χ2n) is 5.09. The number of nitrogens with zero attached hydrogens (tertiary/aromatic N) is 3. The van der Waals surface area contributed by atoms with Crippen molar-refractivity contribution in [3.05, 3.63) is 15.6 Å². The van der Waals surface area contributed by atoms with Crippen molar-refractivity contribution in [2.75, 3.05) is 13.7 Å². The van der Waals surface area contributed by atoms with Crippen LogP contribution in [0, 0.1) is 10.5 Å². The minimum Gasteiger partial charge on any atom is -0.480 e. The van der Waals surface area contributed by atoms with E-state index in [0.717, 1.165) is 3.57 Å². The molecule has 0 spiro atoms. The summed E-state index contributed by atoms with van der Waals surface area (Å²) in [5, 5.41) is 30.0. The lowest BCUT2D eigenvalue weighted by molar-refractivity contribution is -0.0509. The third-order valence-corrected chi connectivity index (χ3v) is 4.51. The van der Waals surface area contributed by atoms with Crippen LogP contribution in [0.25, 0.3) is 11.0 Å². The lowest BCUT2D eigenvalue weighted by Crippen LogP contribution is -2.33. The van der Waals surface area contributed by atoms with Gasteiger partial charge in [0.05, 0.1) is 19.1 Å². The Labute approximate surface area is 139 Å². The first-order chi connectivity index (χ1) is 10.5. The Morgan fingerprint density at radius 1 is 1.36 bits per heavy atom. The van der Waals surface area contributed by atoms with Crippen LogP contribution >= 0.6 is 22.6 Å². The molecule has 22 heavy (non-hydrogen) atoms. The molecule has 1 aliphatic heterocycles. The maximum atomic E-state index is 10.2. The van der Waals surface area contributed by atoms with E-state index < -0.39 is 24.5 Å². The number of aliphatic hydroxyl groups excluding tert-OH is 3. The first kappa shape index (κ1) is 15.9. The maximum Gasteiger partial charge on any atom is 0.227 e. The zero-order chi connectivity index (χ0) is 16.0. The molecule has 0 bridgehead atoms. The van der Waals surface area contributed by atoms with Crippen molar-refractivity contribution >= 4 is 33.6 Å². The predicted molar refractivity (Wildman–Crippen MR) is 84.5 cm³/mol. The van der Waals surface area contributed by atoms with Crippen LogP contribution in [0.5, 0.6) is 5.88 Å². The van der Waals surface area contributed by atoms with E-state index in [1.165, 1.54) is 7.11 Å². The Morgan fingerprint density at radius 2 is 2.09 bits per heavy atom. The first-order valence-electron chi connectivity index (χ1n) is 6.69. The number of fused-ring (bicyclic) bond motifs is 1. The highest BCUT2D eigenvalue weighted by Gasteiger charge is 2.44. The number of hydrogen-bond acceptors (Lipinski definition) is 7. The molecule has 1 saturated heterocycles. The average Bonchev–Trinajstić information content (AvgIpc) is 2.97. The van der Waals surface area contributed by atoms with E-state index in [9.17, 15) is 15.3 Å². The third kappa shape index (κ3) is 2.36. The van der Waals surface area contributed by atoms with E-state index in [1.807, 2.05) is 0 Å². The van der Waals surface area contributed by atoms with E-state index in [2.05, 4.69) is 32.6 Å². The summed E-state index contributed by atoms with van der Waals surface area (Å²) in [4.78, 5) is 8.63. The first-order valence-corrected chi connectivity index (χ1v) is 7.77. The van der Waals surface area contributed by atoms with Gasteiger partial charge in [-0.15, -0.1) is 0 Å². The molecule has 3 heterocycles. The van der Waals surface area contributed by atoms with Gasteiger partial charge in [-0.1, -0.05) is 0 Å². The van der Waals surface area contributed by atoms with Gasteiger partial charge in [-0.2, -0.15) is 4.98 Å². The molecule has 8 nitrogen and oxygen atoms in total. The summed E-state index contributed by atoms with van der Waals surface area (Å²) in [6.45, 7) is 1.37. The molecule has 2 aromatic rings. The molecular formula is C13H16IN3O5. The number of aryl methyl sites for hydroxylation is 1. The van der Waals surface area contributed by atoms with Crippen LogP contribution < -0.4 is 4.74 Å². The molecule has 1 fully saturated rings. The van der Waals surface area contributed by atoms with Gasteiger partial charge < -0.3 is 29.4 Å². The molecule has 0 saturated carbocycles. The smallest absolute Gasteiger partial charge is 0.227 e. The fourth-order valence-electron chi connectivity index (χ4n) is 2.63. The van der Waals surface area contributed by atoms with Gasteiger partial charge in [0, 0.05) is 9.77 Å².